The smallest absolute Gasteiger partial charge is 0.0646 e. The van der Waals surface area contributed by atoms with Gasteiger partial charge in [-0.15, -0.1) is 0 Å². The SMILES string of the molecule is CCCCCCCCCCCCC#Cc1cccc(N=CC(CCCC)=Nc2cccc(C#CCCCCCCCCCCCC)c2)c1. The van der Waals surface area contributed by atoms with Gasteiger partial charge in [0, 0.05) is 30.2 Å². The van der Waals surface area contributed by atoms with E-state index in [1.54, 1.807) is 0 Å². The van der Waals surface area contributed by atoms with E-state index >= 15 is 0 Å². The predicted molar refractivity (Wildman–Crippen MR) is 214 cm³/mol. The number of hydrogen-bond donors (Lipinski definition) is 0. The summed E-state index contributed by atoms with van der Waals surface area (Å²) in [4.78, 5) is 9.80. The Labute approximate surface area is 297 Å². The van der Waals surface area contributed by atoms with Crippen molar-refractivity contribution in [3.8, 4) is 23.7 Å². The maximum Gasteiger partial charge on any atom is 0.0646 e. The number of nitrogens with zero attached hydrogens (tertiary/aromatic N) is 2. The predicted octanol–water partition coefficient (Wildman–Crippen LogP) is 14.7. The largest absolute Gasteiger partial charge is 0.255 e. The minimum atomic E-state index is 0.910. The van der Waals surface area contributed by atoms with Crippen LogP contribution in [0.2, 0.25) is 0 Å². The first-order valence-electron chi connectivity index (χ1n) is 20.0. The average Bonchev–Trinajstić information content (AvgIpc) is 3.10. The highest BCUT2D eigenvalue weighted by atomic mass is 14.8. The van der Waals surface area contributed by atoms with Crippen molar-refractivity contribution >= 4 is 23.3 Å². The molecule has 0 saturated carbocycles. The molecule has 0 aromatic heterocycles. The van der Waals surface area contributed by atoms with Crippen molar-refractivity contribution in [2.24, 2.45) is 9.98 Å². The maximum absolute atomic E-state index is 4.99. The zero-order chi connectivity index (χ0) is 34.2. The molecule has 0 atom stereocenters. The Balaban J connectivity index is 1.80. The molecule has 2 aromatic rings. The van der Waals surface area contributed by atoms with Gasteiger partial charge in [0.25, 0.3) is 0 Å². The van der Waals surface area contributed by atoms with E-state index in [1.165, 1.54) is 128 Å². The number of hydrogen-bond acceptors (Lipinski definition) is 2. The highest BCUT2D eigenvalue weighted by Gasteiger charge is 2.00. The van der Waals surface area contributed by atoms with Crippen molar-refractivity contribution in [2.75, 3.05) is 0 Å². The molecule has 2 nitrogen and oxygen atoms in total. The van der Waals surface area contributed by atoms with Crippen molar-refractivity contribution in [1.82, 2.24) is 0 Å². The number of rotatable bonds is 26. The Hall–Kier alpha value is -3.10. The molecule has 0 N–H and O–H groups in total. The number of unbranched alkanes of at least 4 members (excludes halogenated alkanes) is 21. The lowest BCUT2D eigenvalue weighted by molar-refractivity contribution is 0.558. The van der Waals surface area contributed by atoms with Gasteiger partial charge in [-0.1, -0.05) is 179 Å². The monoisotopic (exact) mass is 649 g/mol. The first-order valence-corrected chi connectivity index (χ1v) is 20.0. The second-order valence-electron chi connectivity index (χ2n) is 13.5. The number of benzene rings is 2. The molecule has 0 fully saturated rings. The third kappa shape index (κ3) is 22.5. The second kappa shape index (κ2) is 30.0. The summed E-state index contributed by atoms with van der Waals surface area (Å²) in [7, 11) is 0. The summed E-state index contributed by atoms with van der Waals surface area (Å²) < 4.78 is 0. The lowest BCUT2D eigenvalue weighted by Crippen LogP contribution is -1.99. The molecule has 0 unspecified atom stereocenters. The molecule has 0 spiro atoms. The minimum Gasteiger partial charge on any atom is -0.255 e. The molecule has 0 radical (unpaired) electrons. The van der Waals surface area contributed by atoms with E-state index in [2.05, 4.69) is 86.9 Å². The second-order valence-corrected chi connectivity index (χ2v) is 13.5. The van der Waals surface area contributed by atoms with Crippen molar-refractivity contribution < 1.29 is 0 Å². The van der Waals surface area contributed by atoms with E-state index < -0.39 is 0 Å². The van der Waals surface area contributed by atoms with Crippen LogP contribution in [0.4, 0.5) is 11.4 Å². The van der Waals surface area contributed by atoms with Crippen LogP contribution in [0.1, 0.15) is 192 Å². The Morgan fingerprint density at radius 3 is 1.40 bits per heavy atom. The van der Waals surface area contributed by atoms with Crippen LogP contribution in [0, 0.1) is 23.7 Å². The van der Waals surface area contributed by atoms with Gasteiger partial charge < -0.3 is 0 Å². The van der Waals surface area contributed by atoms with Crippen LogP contribution in [0.3, 0.4) is 0 Å². The van der Waals surface area contributed by atoms with Crippen LogP contribution in [-0.2, 0) is 0 Å². The average molecular weight is 649 g/mol. The molecule has 48 heavy (non-hydrogen) atoms. The topological polar surface area (TPSA) is 24.7 Å². The molecule has 2 rings (SSSR count). The molecule has 0 aliphatic carbocycles. The van der Waals surface area contributed by atoms with E-state index in [0.717, 1.165) is 60.3 Å². The Bertz CT molecular complexity index is 1260. The van der Waals surface area contributed by atoms with Crippen LogP contribution in [0.15, 0.2) is 58.5 Å². The maximum atomic E-state index is 4.99. The first kappa shape index (κ1) is 41.1. The molecule has 262 valence electrons. The fourth-order valence-corrected chi connectivity index (χ4v) is 5.87. The fourth-order valence-electron chi connectivity index (χ4n) is 5.87. The van der Waals surface area contributed by atoms with Crippen LogP contribution in [0.25, 0.3) is 0 Å². The summed E-state index contributed by atoms with van der Waals surface area (Å²) in [5.41, 5.74) is 4.96. The molecular formula is C46H68N2. The molecular weight excluding hydrogens is 581 g/mol. The third-order valence-electron chi connectivity index (χ3n) is 8.89. The molecule has 2 heteroatoms. The molecule has 0 heterocycles. The summed E-state index contributed by atoms with van der Waals surface area (Å²) in [6, 6.07) is 16.6. The van der Waals surface area contributed by atoms with Gasteiger partial charge in [-0.05, 0) is 62.1 Å². The Morgan fingerprint density at radius 1 is 0.500 bits per heavy atom. The van der Waals surface area contributed by atoms with E-state index in [9.17, 15) is 0 Å². The molecule has 0 amide bonds. The zero-order valence-electron chi connectivity index (χ0n) is 31.3. The van der Waals surface area contributed by atoms with E-state index in [1.807, 2.05) is 12.3 Å². The van der Waals surface area contributed by atoms with Gasteiger partial charge in [0.15, 0.2) is 0 Å². The van der Waals surface area contributed by atoms with Crippen molar-refractivity contribution in [3.63, 3.8) is 0 Å². The first-order chi connectivity index (χ1) is 23.7. The number of aliphatic imine (C=N–C) groups is 2. The molecule has 0 aliphatic heterocycles. The third-order valence-corrected chi connectivity index (χ3v) is 8.89. The molecule has 0 saturated heterocycles. The van der Waals surface area contributed by atoms with Crippen LogP contribution in [-0.4, -0.2) is 11.9 Å². The van der Waals surface area contributed by atoms with Gasteiger partial charge in [0.05, 0.1) is 17.1 Å². The summed E-state index contributed by atoms with van der Waals surface area (Å²) in [5, 5.41) is 0. The Morgan fingerprint density at radius 2 is 0.917 bits per heavy atom. The molecule has 0 bridgehead atoms. The summed E-state index contributed by atoms with van der Waals surface area (Å²) in [6.07, 6.45) is 34.2. The van der Waals surface area contributed by atoms with Gasteiger partial charge in [-0.2, -0.15) is 0 Å². The summed E-state index contributed by atoms with van der Waals surface area (Å²) in [6.45, 7) is 6.79. The minimum absolute atomic E-state index is 0.910. The lowest BCUT2D eigenvalue weighted by atomic mass is 10.1. The summed E-state index contributed by atoms with van der Waals surface area (Å²) in [5.74, 6) is 13.5. The van der Waals surface area contributed by atoms with Crippen LogP contribution < -0.4 is 0 Å². The molecule has 2 aromatic carbocycles. The van der Waals surface area contributed by atoms with Crippen LogP contribution in [0.5, 0.6) is 0 Å². The van der Waals surface area contributed by atoms with E-state index in [-0.39, 0.29) is 0 Å². The zero-order valence-corrected chi connectivity index (χ0v) is 31.3. The van der Waals surface area contributed by atoms with Gasteiger partial charge in [0.2, 0.25) is 0 Å². The lowest BCUT2D eigenvalue weighted by Gasteiger charge is -2.02. The van der Waals surface area contributed by atoms with E-state index in [4.69, 9.17) is 9.98 Å². The van der Waals surface area contributed by atoms with Gasteiger partial charge in [0.1, 0.15) is 0 Å². The fraction of sp³-hybridized carbons (Fsp3) is 0.609. The van der Waals surface area contributed by atoms with Gasteiger partial charge >= 0.3 is 0 Å². The summed E-state index contributed by atoms with van der Waals surface area (Å²) >= 11 is 0. The molecule has 0 aliphatic rings. The van der Waals surface area contributed by atoms with Gasteiger partial charge in [-0.25, -0.2) is 0 Å². The highest BCUT2D eigenvalue weighted by molar-refractivity contribution is 6.31. The van der Waals surface area contributed by atoms with Crippen molar-refractivity contribution in [3.05, 3.63) is 59.7 Å². The Kier molecular flexibility index (Phi) is 25.7. The van der Waals surface area contributed by atoms with E-state index in [0.29, 0.717) is 0 Å². The van der Waals surface area contributed by atoms with Gasteiger partial charge in [-0.3, -0.25) is 9.98 Å². The van der Waals surface area contributed by atoms with Crippen LogP contribution >= 0.6 is 0 Å². The quantitative estimate of drug-likeness (QED) is 0.0551. The highest BCUT2D eigenvalue weighted by Crippen LogP contribution is 2.18. The standard InChI is InChI=1S/C46H68N2/c1-4-7-10-12-14-16-18-20-22-24-26-28-32-42-34-30-37-44(39-42)47-41-46(36-9-6-3)48-45-38-31-35-43(40-45)33-29-27-25-23-21-19-17-15-13-11-8-5-2/h30-31,34-35,37-41H,4-27,36H2,1-3H3. The normalized spacial score (nSPS) is 11.4. The van der Waals surface area contributed by atoms with Crippen molar-refractivity contribution in [1.29, 1.82) is 0 Å². The van der Waals surface area contributed by atoms with Crippen molar-refractivity contribution in [2.45, 2.75) is 181 Å².